The minimum atomic E-state index is 0. The van der Waals surface area contributed by atoms with E-state index in [0.29, 0.717) is 0 Å². The summed E-state index contributed by atoms with van der Waals surface area (Å²) < 4.78 is 0. The van der Waals surface area contributed by atoms with E-state index in [2.05, 4.69) is 19.6 Å². The van der Waals surface area contributed by atoms with Crippen molar-refractivity contribution in [2.75, 3.05) is 0 Å². The van der Waals surface area contributed by atoms with E-state index in [1.165, 1.54) is 0 Å². The SMILES string of the molecule is C[Si](C)C.[CH3-].[CH3-].[Ti+2]. The van der Waals surface area contributed by atoms with Crippen LogP contribution < -0.4 is 0 Å². The second-order valence-electron chi connectivity index (χ2n) is 1.50. The van der Waals surface area contributed by atoms with Crippen LogP contribution in [0.4, 0.5) is 0 Å². The summed E-state index contributed by atoms with van der Waals surface area (Å²) in [7, 11) is 0.120. The smallest absolute Gasteiger partial charge is 0.358 e. The molecule has 0 aliphatic rings. The third-order valence-electron chi connectivity index (χ3n) is 0. The number of hydrogen-bond acceptors (Lipinski definition) is 0. The molecular formula is C5H15SiTi. The minimum absolute atomic E-state index is 0. The zero-order chi connectivity index (χ0) is 3.58. The molecule has 0 aliphatic heterocycles. The van der Waals surface area contributed by atoms with E-state index in [0.717, 1.165) is 0 Å². The van der Waals surface area contributed by atoms with Crippen LogP contribution in [-0.2, 0) is 21.7 Å². The van der Waals surface area contributed by atoms with E-state index in [9.17, 15) is 0 Å². The molecule has 0 N–H and O–H groups in total. The van der Waals surface area contributed by atoms with Gasteiger partial charge in [-0.05, 0) is 0 Å². The molecule has 0 aromatic heterocycles. The molecule has 0 saturated heterocycles. The van der Waals surface area contributed by atoms with Crippen molar-refractivity contribution in [3.63, 3.8) is 0 Å². The molecule has 0 saturated carbocycles. The fraction of sp³-hybridized carbons (Fsp3) is 0.600. The molecule has 0 amide bonds. The maximum atomic E-state index is 2.27. The van der Waals surface area contributed by atoms with E-state index < -0.39 is 0 Å². The molecule has 0 aromatic rings. The maximum Gasteiger partial charge on any atom is 2.00 e. The molecule has 0 atom stereocenters. The van der Waals surface area contributed by atoms with Gasteiger partial charge in [0.2, 0.25) is 0 Å². The van der Waals surface area contributed by atoms with Crippen molar-refractivity contribution in [1.29, 1.82) is 0 Å². The fourth-order valence-electron chi connectivity index (χ4n) is 0. The van der Waals surface area contributed by atoms with Crippen LogP contribution in [-0.4, -0.2) is 8.80 Å². The Morgan fingerprint density at radius 3 is 0.857 bits per heavy atom. The zero-order valence-corrected chi connectivity index (χ0v) is 8.56. The number of hydrogen-bond donors (Lipinski definition) is 0. The van der Waals surface area contributed by atoms with Gasteiger partial charge in [0.1, 0.15) is 0 Å². The number of rotatable bonds is 0. The topological polar surface area (TPSA) is 0 Å². The standard InChI is InChI=1S/C3H9Si.2CH3.Ti/c1-4(2)3;;;/h1-3H3;2*1H3;/q;2*-1;+2. The van der Waals surface area contributed by atoms with Gasteiger partial charge in [-0.2, -0.15) is 0 Å². The van der Waals surface area contributed by atoms with E-state index in [1.54, 1.807) is 0 Å². The van der Waals surface area contributed by atoms with Gasteiger partial charge in [0.05, 0.1) is 0 Å². The first kappa shape index (κ1) is 24.7. The first-order chi connectivity index (χ1) is 1.73. The van der Waals surface area contributed by atoms with Crippen molar-refractivity contribution < 1.29 is 21.7 Å². The Labute approximate surface area is 65.2 Å². The Hall–Kier alpha value is 0.931. The van der Waals surface area contributed by atoms with Crippen LogP contribution in [0.5, 0.6) is 0 Å². The molecule has 0 heterocycles. The predicted octanol–water partition coefficient (Wildman–Crippen LogP) is 2.27. The molecule has 0 aromatic carbocycles. The van der Waals surface area contributed by atoms with Gasteiger partial charge in [-0.25, -0.2) is 0 Å². The molecule has 0 bridgehead atoms. The summed E-state index contributed by atoms with van der Waals surface area (Å²) in [5, 5.41) is 0. The summed E-state index contributed by atoms with van der Waals surface area (Å²) in [5.41, 5.74) is 0. The Morgan fingerprint density at radius 1 is 0.857 bits per heavy atom. The van der Waals surface area contributed by atoms with E-state index in [-0.39, 0.29) is 45.4 Å². The van der Waals surface area contributed by atoms with Crippen molar-refractivity contribution in [3.8, 4) is 0 Å². The maximum absolute atomic E-state index is 2.27. The molecule has 0 unspecified atom stereocenters. The van der Waals surface area contributed by atoms with Gasteiger partial charge in [-0.15, -0.1) is 0 Å². The average Bonchev–Trinajstić information content (AvgIpc) is 0.811. The van der Waals surface area contributed by atoms with Crippen molar-refractivity contribution in [1.82, 2.24) is 0 Å². The van der Waals surface area contributed by atoms with E-state index in [4.69, 9.17) is 0 Å². The predicted molar refractivity (Wildman–Crippen MR) is 36.2 cm³/mol. The Morgan fingerprint density at radius 2 is 0.857 bits per heavy atom. The monoisotopic (exact) mass is 151 g/mol. The molecule has 43 valence electrons. The Kier molecular flexibility index (Phi) is 55.6. The zero-order valence-electron chi connectivity index (χ0n) is 6.00. The van der Waals surface area contributed by atoms with Crippen LogP contribution in [0.3, 0.4) is 0 Å². The van der Waals surface area contributed by atoms with Gasteiger partial charge in [0, 0.05) is 8.80 Å². The van der Waals surface area contributed by atoms with Crippen LogP contribution in [0.2, 0.25) is 19.6 Å². The molecule has 2 heteroatoms. The second-order valence-corrected chi connectivity index (χ2v) is 4.50. The molecule has 0 rings (SSSR count). The summed E-state index contributed by atoms with van der Waals surface area (Å²) in [6.07, 6.45) is 0. The molecule has 0 nitrogen and oxygen atoms in total. The third kappa shape index (κ3) is 194. The largest absolute Gasteiger partial charge is 2.00 e. The summed E-state index contributed by atoms with van der Waals surface area (Å²) >= 11 is 0. The Balaban J connectivity index is -0.0000000150. The molecule has 7 heavy (non-hydrogen) atoms. The van der Waals surface area contributed by atoms with Crippen LogP contribution >= 0.6 is 0 Å². The Bertz CT molecular complexity index is 12.8. The van der Waals surface area contributed by atoms with Crippen molar-refractivity contribution in [3.05, 3.63) is 14.9 Å². The van der Waals surface area contributed by atoms with Gasteiger partial charge >= 0.3 is 21.7 Å². The van der Waals surface area contributed by atoms with Crippen molar-refractivity contribution in [2.45, 2.75) is 19.6 Å². The van der Waals surface area contributed by atoms with Crippen LogP contribution in [0, 0.1) is 14.9 Å². The van der Waals surface area contributed by atoms with Crippen molar-refractivity contribution >= 4 is 8.80 Å². The van der Waals surface area contributed by atoms with Crippen LogP contribution in [0.25, 0.3) is 0 Å². The van der Waals surface area contributed by atoms with Crippen molar-refractivity contribution in [2.24, 2.45) is 0 Å². The summed E-state index contributed by atoms with van der Waals surface area (Å²) in [6.45, 7) is 6.81. The second kappa shape index (κ2) is 15.8. The molecule has 1 radical (unpaired) electrons. The normalized spacial score (nSPS) is 5.14. The van der Waals surface area contributed by atoms with Crippen LogP contribution in [0.15, 0.2) is 0 Å². The third-order valence-corrected chi connectivity index (χ3v) is 0. The quantitative estimate of drug-likeness (QED) is 0.368. The fourth-order valence-corrected chi connectivity index (χ4v) is 0. The van der Waals surface area contributed by atoms with Gasteiger partial charge in [-0.1, -0.05) is 19.6 Å². The van der Waals surface area contributed by atoms with E-state index in [1.807, 2.05) is 0 Å². The minimum Gasteiger partial charge on any atom is -0.358 e. The summed E-state index contributed by atoms with van der Waals surface area (Å²) in [6, 6.07) is 0. The first-order valence-electron chi connectivity index (χ1n) is 1.50. The first-order valence-corrected chi connectivity index (χ1v) is 4.50. The molecule has 0 aliphatic carbocycles. The summed E-state index contributed by atoms with van der Waals surface area (Å²) in [5.74, 6) is 0. The van der Waals surface area contributed by atoms with Gasteiger partial charge in [0.25, 0.3) is 0 Å². The molecular weight excluding hydrogens is 136 g/mol. The average molecular weight is 151 g/mol. The van der Waals surface area contributed by atoms with Gasteiger partial charge in [0.15, 0.2) is 0 Å². The van der Waals surface area contributed by atoms with E-state index >= 15 is 0 Å². The molecule has 0 spiro atoms. The van der Waals surface area contributed by atoms with Crippen LogP contribution in [0.1, 0.15) is 0 Å². The van der Waals surface area contributed by atoms with Gasteiger partial charge < -0.3 is 14.9 Å². The summed E-state index contributed by atoms with van der Waals surface area (Å²) in [4.78, 5) is 0. The van der Waals surface area contributed by atoms with Gasteiger partial charge in [-0.3, -0.25) is 0 Å². The molecule has 0 fully saturated rings.